The summed E-state index contributed by atoms with van der Waals surface area (Å²) in [4.78, 5) is 26.5. The van der Waals surface area contributed by atoms with Crippen molar-refractivity contribution in [2.75, 3.05) is 19.6 Å². The van der Waals surface area contributed by atoms with Crippen LogP contribution in [0.15, 0.2) is 24.3 Å². The molecule has 154 valence electrons. The van der Waals surface area contributed by atoms with E-state index in [1.165, 1.54) is 17.5 Å². The average Bonchev–Trinajstić information content (AvgIpc) is 3.37. The molecule has 4 atom stereocenters. The lowest BCUT2D eigenvalue weighted by Gasteiger charge is -2.35. The minimum absolute atomic E-state index is 0.0147. The molecular formula is C23H35N3O2. The normalized spacial score (nSPS) is 27.2. The summed E-state index contributed by atoms with van der Waals surface area (Å²) in [6.45, 7) is 10.9. The van der Waals surface area contributed by atoms with Crippen molar-refractivity contribution < 1.29 is 9.59 Å². The zero-order chi connectivity index (χ0) is 20.1. The Bertz CT molecular complexity index is 680. The van der Waals surface area contributed by atoms with Gasteiger partial charge in [-0.15, -0.1) is 0 Å². The monoisotopic (exact) mass is 385 g/mol. The van der Waals surface area contributed by atoms with E-state index in [1.54, 1.807) is 0 Å². The predicted octanol–water partition coefficient (Wildman–Crippen LogP) is 2.94. The number of benzene rings is 1. The molecule has 3 rings (SSSR count). The van der Waals surface area contributed by atoms with Gasteiger partial charge in [0.25, 0.3) is 0 Å². The Kier molecular flexibility index (Phi) is 7.11. The van der Waals surface area contributed by atoms with E-state index in [0.717, 1.165) is 37.9 Å². The summed E-state index contributed by atoms with van der Waals surface area (Å²) in [5.41, 5.74) is 2.47. The molecular weight excluding hydrogens is 350 g/mol. The molecule has 28 heavy (non-hydrogen) atoms. The average molecular weight is 386 g/mol. The fraction of sp³-hybridized carbons (Fsp3) is 0.652. The Labute approximate surface area is 169 Å². The molecule has 0 spiro atoms. The van der Waals surface area contributed by atoms with Gasteiger partial charge in [0.2, 0.25) is 11.8 Å². The molecule has 1 saturated heterocycles. The maximum atomic E-state index is 12.2. The zero-order valence-electron chi connectivity index (χ0n) is 17.5. The summed E-state index contributed by atoms with van der Waals surface area (Å²) >= 11 is 0. The maximum absolute atomic E-state index is 12.2. The third-order valence-electron chi connectivity index (χ3n) is 6.03. The van der Waals surface area contributed by atoms with Crippen LogP contribution in [0.2, 0.25) is 0 Å². The van der Waals surface area contributed by atoms with Crippen LogP contribution in [0.1, 0.15) is 51.2 Å². The highest BCUT2D eigenvalue weighted by atomic mass is 16.2. The molecule has 5 nitrogen and oxygen atoms in total. The largest absolute Gasteiger partial charge is 0.355 e. The van der Waals surface area contributed by atoms with Crippen LogP contribution in [0.25, 0.3) is 0 Å². The van der Waals surface area contributed by atoms with E-state index in [2.05, 4.69) is 54.5 Å². The standard InChI is InChI=1S/C23H35N3O2/c1-16-10-17(2)14-26(13-16)15-20-7-5-4-6-19(20)12-25-22(27)8-9-24-23(28)21-11-18(21)3/h4-7,16-18,21H,8-15H2,1-3H3,(H,24,28)(H,25,27)/t16-,17+,18-,21+/m1/s1. The predicted molar refractivity (Wildman–Crippen MR) is 111 cm³/mol. The lowest BCUT2D eigenvalue weighted by Crippen LogP contribution is -2.38. The topological polar surface area (TPSA) is 61.4 Å². The van der Waals surface area contributed by atoms with Crippen molar-refractivity contribution >= 4 is 11.8 Å². The number of amides is 2. The Hall–Kier alpha value is -1.88. The molecule has 1 aromatic rings. The van der Waals surface area contributed by atoms with Gasteiger partial charge in [0, 0.05) is 45.1 Å². The van der Waals surface area contributed by atoms with Gasteiger partial charge >= 0.3 is 0 Å². The first-order valence-electron chi connectivity index (χ1n) is 10.8. The highest BCUT2D eigenvalue weighted by molar-refractivity contribution is 5.82. The van der Waals surface area contributed by atoms with E-state index in [1.807, 2.05) is 6.07 Å². The second-order valence-corrected chi connectivity index (χ2v) is 9.05. The highest BCUT2D eigenvalue weighted by Gasteiger charge is 2.38. The van der Waals surface area contributed by atoms with Crippen LogP contribution in [0.5, 0.6) is 0 Å². The number of nitrogens with zero attached hydrogens (tertiary/aromatic N) is 1. The molecule has 1 aliphatic heterocycles. The SMILES string of the molecule is C[C@@H]1C[C@H](C)CN(Cc2ccccc2CNC(=O)CCNC(=O)[C@H]2C[C@H]2C)C1. The number of hydrogen-bond acceptors (Lipinski definition) is 3. The first kappa shape index (κ1) is 20.8. The Balaban J connectivity index is 1.44. The molecule has 1 saturated carbocycles. The molecule has 2 amide bonds. The second-order valence-electron chi connectivity index (χ2n) is 9.05. The van der Waals surface area contributed by atoms with Crippen LogP contribution in [-0.4, -0.2) is 36.3 Å². The lowest BCUT2D eigenvalue weighted by atomic mass is 9.91. The quantitative estimate of drug-likeness (QED) is 0.723. The van der Waals surface area contributed by atoms with Crippen molar-refractivity contribution in [2.45, 2.75) is 53.1 Å². The smallest absolute Gasteiger partial charge is 0.223 e. The van der Waals surface area contributed by atoms with Gasteiger partial charge < -0.3 is 10.6 Å². The molecule has 0 aromatic heterocycles. The van der Waals surface area contributed by atoms with Gasteiger partial charge in [0.1, 0.15) is 0 Å². The molecule has 1 aliphatic carbocycles. The Morgan fingerprint density at radius 3 is 2.29 bits per heavy atom. The molecule has 2 fully saturated rings. The van der Waals surface area contributed by atoms with Gasteiger partial charge in [-0.2, -0.15) is 0 Å². The zero-order valence-corrected chi connectivity index (χ0v) is 17.5. The highest BCUT2D eigenvalue weighted by Crippen LogP contribution is 2.37. The number of hydrogen-bond donors (Lipinski definition) is 2. The van der Waals surface area contributed by atoms with Crippen molar-refractivity contribution in [3.8, 4) is 0 Å². The van der Waals surface area contributed by atoms with Crippen LogP contribution >= 0.6 is 0 Å². The maximum Gasteiger partial charge on any atom is 0.223 e. The lowest BCUT2D eigenvalue weighted by molar-refractivity contribution is -0.123. The summed E-state index contributed by atoms with van der Waals surface area (Å²) in [7, 11) is 0. The fourth-order valence-corrected chi connectivity index (χ4v) is 4.45. The molecule has 1 heterocycles. The van der Waals surface area contributed by atoms with Crippen LogP contribution in [0.4, 0.5) is 0 Å². The van der Waals surface area contributed by atoms with Crippen molar-refractivity contribution in [2.24, 2.45) is 23.7 Å². The van der Waals surface area contributed by atoms with Crippen molar-refractivity contribution in [3.63, 3.8) is 0 Å². The van der Waals surface area contributed by atoms with Crippen molar-refractivity contribution in [3.05, 3.63) is 35.4 Å². The summed E-state index contributed by atoms with van der Waals surface area (Å²) in [6, 6.07) is 8.38. The number of nitrogens with one attached hydrogen (secondary N) is 2. The van der Waals surface area contributed by atoms with Crippen molar-refractivity contribution in [1.29, 1.82) is 0 Å². The van der Waals surface area contributed by atoms with E-state index in [9.17, 15) is 9.59 Å². The first-order chi connectivity index (χ1) is 13.4. The Morgan fingerprint density at radius 1 is 1.00 bits per heavy atom. The Morgan fingerprint density at radius 2 is 1.64 bits per heavy atom. The number of carbonyl (C=O) groups excluding carboxylic acids is 2. The number of piperidine rings is 1. The first-order valence-corrected chi connectivity index (χ1v) is 10.8. The van der Waals surface area contributed by atoms with Gasteiger partial charge in [-0.3, -0.25) is 14.5 Å². The van der Waals surface area contributed by atoms with Gasteiger partial charge in [-0.25, -0.2) is 0 Å². The molecule has 0 bridgehead atoms. The summed E-state index contributed by atoms with van der Waals surface area (Å²) in [5, 5.41) is 5.88. The number of carbonyl (C=O) groups is 2. The van der Waals surface area contributed by atoms with Crippen LogP contribution in [0, 0.1) is 23.7 Å². The van der Waals surface area contributed by atoms with Gasteiger partial charge in [-0.1, -0.05) is 45.0 Å². The van der Waals surface area contributed by atoms with Crippen LogP contribution in [-0.2, 0) is 22.7 Å². The molecule has 2 N–H and O–H groups in total. The van der Waals surface area contributed by atoms with Crippen molar-refractivity contribution in [1.82, 2.24) is 15.5 Å². The summed E-state index contributed by atoms with van der Waals surface area (Å²) < 4.78 is 0. The van der Waals surface area contributed by atoms with E-state index in [4.69, 9.17) is 0 Å². The summed E-state index contributed by atoms with van der Waals surface area (Å²) in [6.07, 6.45) is 2.62. The third-order valence-corrected chi connectivity index (χ3v) is 6.03. The van der Waals surface area contributed by atoms with Gasteiger partial charge in [-0.05, 0) is 41.7 Å². The van der Waals surface area contributed by atoms with E-state index in [0.29, 0.717) is 25.4 Å². The third kappa shape index (κ3) is 6.06. The van der Waals surface area contributed by atoms with Gasteiger partial charge in [0.05, 0.1) is 0 Å². The van der Waals surface area contributed by atoms with Gasteiger partial charge in [0.15, 0.2) is 0 Å². The molecule has 0 radical (unpaired) electrons. The molecule has 2 aliphatic rings. The minimum Gasteiger partial charge on any atom is -0.355 e. The summed E-state index contributed by atoms with van der Waals surface area (Å²) in [5.74, 6) is 2.22. The van der Waals surface area contributed by atoms with E-state index >= 15 is 0 Å². The molecule has 5 heteroatoms. The molecule has 0 unspecified atom stereocenters. The number of likely N-dealkylation sites (tertiary alicyclic amines) is 1. The van der Waals surface area contributed by atoms with Crippen LogP contribution in [0.3, 0.4) is 0 Å². The van der Waals surface area contributed by atoms with E-state index < -0.39 is 0 Å². The second kappa shape index (κ2) is 9.55. The molecule has 1 aromatic carbocycles. The van der Waals surface area contributed by atoms with Crippen LogP contribution < -0.4 is 10.6 Å². The van der Waals surface area contributed by atoms with E-state index in [-0.39, 0.29) is 17.7 Å². The fourth-order valence-electron chi connectivity index (χ4n) is 4.45. The number of rotatable bonds is 8. The minimum atomic E-state index is -0.0147.